The maximum Gasteiger partial charge on any atom is 0.338 e. The summed E-state index contributed by atoms with van der Waals surface area (Å²) in [5.74, 6) is 6.17. The van der Waals surface area contributed by atoms with Crippen LogP contribution >= 0.6 is 0 Å². The average Bonchev–Trinajstić information content (AvgIpc) is 3.47. The third kappa shape index (κ3) is 4.89. The molecule has 3 heteroatoms. The Bertz CT molecular complexity index is 933. The summed E-state index contributed by atoms with van der Waals surface area (Å²) in [5.41, 5.74) is 4.91. The summed E-state index contributed by atoms with van der Waals surface area (Å²) in [6, 6.07) is 13.7. The van der Waals surface area contributed by atoms with Gasteiger partial charge in [-0.25, -0.2) is 4.79 Å². The summed E-state index contributed by atoms with van der Waals surface area (Å²) in [6.07, 6.45) is 2.17. The first-order valence-electron chi connectivity index (χ1n) is 10.4. The summed E-state index contributed by atoms with van der Waals surface area (Å²) >= 11 is 0. The highest BCUT2D eigenvalue weighted by Crippen LogP contribution is 2.52. The van der Waals surface area contributed by atoms with Crippen LogP contribution < -0.4 is 0 Å². The van der Waals surface area contributed by atoms with Crippen LogP contribution in [0.5, 0.6) is 0 Å². The molecule has 2 aromatic carbocycles. The van der Waals surface area contributed by atoms with E-state index in [4.69, 9.17) is 9.47 Å². The van der Waals surface area contributed by atoms with Crippen LogP contribution in [-0.4, -0.2) is 19.2 Å². The molecule has 0 aromatic heterocycles. The standard InChI is InChI=1S/C26H30O3/c1-6-28-24(27)21-13-10-19(11-14-21)8-9-20-12-15-22(23(18-20)25(3,4)5)26(16-17-26)29-7-2/h10-15,18H,6-7,16-17H2,1-5H3. The van der Waals surface area contributed by atoms with Crippen molar-refractivity contribution in [3.63, 3.8) is 0 Å². The van der Waals surface area contributed by atoms with Crippen LogP contribution in [0.1, 0.15) is 80.1 Å². The molecule has 0 unspecified atom stereocenters. The van der Waals surface area contributed by atoms with Crippen molar-refractivity contribution >= 4 is 5.97 Å². The van der Waals surface area contributed by atoms with E-state index in [1.165, 1.54) is 11.1 Å². The number of hydrogen-bond acceptors (Lipinski definition) is 3. The molecule has 1 aliphatic rings. The lowest BCUT2D eigenvalue weighted by molar-refractivity contribution is 0.0383. The fourth-order valence-corrected chi connectivity index (χ4v) is 3.57. The summed E-state index contributed by atoms with van der Waals surface area (Å²) in [6.45, 7) is 11.7. The zero-order valence-corrected chi connectivity index (χ0v) is 18.1. The van der Waals surface area contributed by atoms with Crippen LogP contribution in [0.2, 0.25) is 0 Å². The Kier molecular flexibility index (Phi) is 6.15. The van der Waals surface area contributed by atoms with Crippen molar-refractivity contribution in [2.24, 2.45) is 0 Å². The van der Waals surface area contributed by atoms with Crippen molar-refractivity contribution in [2.75, 3.05) is 13.2 Å². The van der Waals surface area contributed by atoms with Crippen molar-refractivity contribution in [3.05, 3.63) is 70.3 Å². The highest BCUT2D eigenvalue weighted by Gasteiger charge is 2.47. The normalized spacial score (nSPS) is 14.7. The highest BCUT2D eigenvalue weighted by molar-refractivity contribution is 5.89. The van der Waals surface area contributed by atoms with Gasteiger partial charge in [-0.05, 0) is 79.6 Å². The van der Waals surface area contributed by atoms with E-state index in [-0.39, 0.29) is 17.0 Å². The van der Waals surface area contributed by atoms with Crippen molar-refractivity contribution in [1.82, 2.24) is 0 Å². The third-order valence-corrected chi connectivity index (χ3v) is 5.19. The lowest BCUT2D eigenvalue weighted by Crippen LogP contribution is -2.21. The first-order chi connectivity index (χ1) is 13.8. The Balaban J connectivity index is 1.87. The molecule has 0 amide bonds. The number of benzene rings is 2. The van der Waals surface area contributed by atoms with Gasteiger partial charge in [-0.3, -0.25) is 0 Å². The summed E-state index contributed by atoms with van der Waals surface area (Å²) in [5, 5.41) is 0. The van der Waals surface area contributed by atoms with Gasteiger partial charge in [0, 0.05) is 17.7 Å². The Labute approximate surface area is 174 Å². The summed E-state index contributed by atoms with van der Waals surface area (Å²) in [4.78, 5) is 11.8. The molecule has 152 valence electrons. The quantitative estimate of drug-likeness (QED) is 0.493. The second-order valence-corrected chi connectivity index (χ2v) is 8.49. The number of esters is 1. The van der Waals surface area contributed by atoms with Crippen molar-refractivity contribution in [2.45, 2.75) is 58.5 Å². The lowest BCUT2D eigenvalue weighted by atomic mass is 9.80. The fourth-order valence-electron chi connectivity index (χ4n) is 3.57. The Hall–Kier alpha value is -2.57. The Morgan fingerprint density at radius 3 is 2.14 bits per heavy atom. The molecule has 1 aliphatic carbocycles. The maximum atomic E-state index is 11.8. The number of carbonyl (C=O) groups excluding carboxylic acids is 1. The predicted molar refractivity (Wildman–Crippen MR) is 116 cm³/mol. The second-order valence-electron chi connectivity index (χ2n) is 8.49. The minimum absolute atomic E-state index is 0.0149. The number of carbonyl (C=O) groups is 1. The minimum atomic E-state index is -0.305. The molecule has 0 spiro atoms. The monoisotopic (exact) mass is 390 g/mol. The SMILES string of the molecule is CCOC(=O)c1ccc(C#Cc2ccc(C3(OCC)CC3)c(C(C)(C)C)c2)cc1. The van der Waals surface area contributed by atoms with E-state index >= 15 is 0 Å². The second kappa shape index (κ2) is 8.43. The van der Waals surface area contributed by atoms with Crippen LogP contribution in [0, 0.1) is 11.8 Å². The van der Waals surface area contributed by atoms with Crippen LogP contribution in [0.3, 0.4) is 0 Å². The number of rotatable bonds is 5. The van der Waals surface area contributed by atoms with Gasteiger partial charge in [0.25, 0.3) is 0 Å². The lowest BCUT2D eigenvalue weighted by Gasteiger charge is -2.28. The van der Waals surface area contributed by atoms with Gasteiger partial charge in [0.1, 0.15) is 0 Å². The number of ether oxygens (including phenoxy) is 2. The van der Waals surface area contributed by atoms with E-state index in [1.54, 1.807) is 19.1 Å². The van der Waals surface area contributed by atoms with Crippen molar-refractivity contribution in [1.29, 1.82) is 0 Å². The van der Waals surface area contributed by atoms with Crippen LogP contribution in [-0.2, 0) is 20.5 Å². The van der Waals surface area contributed by atoms with Gasteiger partial charge < -0.3 is 9.47 Å². The van der Waals surface area contributed by atoms with Crippen LogP contribution in [0.4, 0.5) is 0 Å². The molecule has 0 atom stereocenters. The molecule has 0 radical (unpaired) electrons. The van der Waals surface area contributed by atoms with Gasteiger partial charge in [0.15, 0.2) is 0 Å². The molecule has 3 rings (SSSR count). The minimum Gasteiger partial charge on any atom is -0.462 e. The van der Waals surface area contributed by atoms with Gasteiger partial charge in [-0.2, -0.15) is 0 Å². The molecule has 29 heavy (non-hydrogen) atoms. The molecular weight excluding hydrogens is 360 g/mol. The molecule has 0 bridgehead atoms. The molecule has 1 saturated carbocycles. The van der Waals surface area contributed by atoms with Crippen LogP contribution in [0.15, 0.2) is 42.5 Å². The first-order valence-corrected chi connectivity index (χ1v) is 10.4. The van der Waals surface area contributed by atoms with E-state index in [0.29, 0.717) is 12.2 Å². The highest BCUT2D eigenvalue weighted by atomic mass is 16.5. The first kappa shape index (κ1) is 21.1. The van der Waals surface area contributed by atoms with Crippen LogP contribution in [0.25, 0.3) is 0 Å². The largest absolute Gasteiger partial charge is 0.462 e. The Morgan fingerprint density at radius 1 is 0.966 bits per heavy atom. The molecule has 0 heterocycles. The van der Waals surface area contributed by atoms with Gasteiger partial charge in [-0.1, -0.05) is 38.7 Å². The van der Waals surface area contributed by atoms with E-state index in [2.05, 4.69) is 57.7 Å². The average molecular weight is 391 g/mol. The summed E-state index contributed by atoms with van der Waals surface area (Å²) in [7, 11) is 0. The van der Waals surface area contributed by atoms with Gasteiger partial charge >= 0.3 is 5.97 Å². The van der Waals surface area contributed by atoms with Gasteiger partial charge in [0.05, 0.1) is 17.8 Å². The van der Waals surface area contributed by atoms with E-state index in [1.807, 2.05) is 12.1 Å². The zero-order chi connectivity index (χ0) is 21.1. The molecule has 0 aliphatic heterocycles. The molecule has 0 N–H and O–H groups in total. The van der Waals surface area contributed by atoms with E-state index < -0.39 is 0 Å². The third-order valence-electron chi connectivity index (χ3n) is 5.19. The number of hydrogen-bond donors (Lipinski definition) is 0. The maximum absolute atomic E-state index is 11.8. The Morgan fingerprint density at radius 2 is 1.59 bits per heavy atom. The van der Waals surface area contributed by atoms with Gasteiger partial charge in [0.2, 0.25) is 0 Å². The summed E-state index contributed by atoms with van der Waals surface area (Å²) < 4.78 is 11.1. The molecule has 2 aromatic rings. The van der Waals surface area contributed by atoms with E-state index in [9.17, 15) is 4.79 Å². The topological polar surface area (TPSA) is 35.5 Å². The van der Waals surface area contributed by atoms with Crippen molar-refractivity contribution in [3.8, 4) is 11.8 Å². The smallest absolute Gasteiger partial charge is 0.338 e. The fraction of sp³-hybridized carbons (Fsp3) is 0.423. The zero-order valence-electron chi connectivity index (χ0n) is 18.1. The molecular formula is C26H30O3. The van der Waals surface area contributed by atoms with Gasteiger partial charge in [-0.15, -0.1) is 0 Å². The van der Waals surface area contributed by atoms with E-state index in [0.717, 1.165) is 30.6 Å². The predicted octanol–water partition coefficient (Wildman–Crippen LogP) is 5.59. The van der Waals surface area contributed by atoms with Crippen molar-refractivity contribution < 1.29 is 14.3 Å². The molecule has 1 fully saturated rings. The molecule has 0 saturated heterocycles. The molecule has 3 nitrogen and oxygen atoms in total.